The van der Waals surface area contributed by atoms with Crippen LogP contribution in [0.15, 0.2) is 0 Å². The average molecular weight is 477 g/mol. The summed E-state index contributed by atoms with van der Waals surface area (Å²) < 4.78 is 11.7. The maximum atomic E-state index is 12.2. The number of carboxylic acid groups (broad SMARTS) is 1. The van der Waals surface area contributed by atoms with E-state index < -0.39 is 5.97 Å². The van der Waals surface area contributed by atoms with E-state index in [4.69, 9.17) is 9.47 Å². The average Bonchev–Trinajstić information content (AvgIpc) is 3.09. The number of esters is 2. The number of rotatable bonds is 6. The standard InChI is InChI=1S/C28H44O6/c1-16(6-9-25(31)32)21-7-8-22-26-23(11-13-28(21,22)5)27(4)12-10-20(33-17(2)29)14-19(27)15-24(26)34-18(3)30/h16,19-24,26H,6-15H2,1-5H3,(H,31,32)/t16-,19+,20-,21?,22?,23?,24-,26?,27+,28-/m1/s1. The Hall–Kier alpha value is -1.59. The van der Waals surface area contributed by atoms with Gasteiger partial charge in [0.1, 0.15) is 12.2 Å². The van der Waals surface area contributed by atoms with Crippen LogP contribution in [0.1, 0.15) is 98.8 Å². The van der Waals surface area contributed by atoms with Crippen molar-refractivity contribution in [2.75, 3.05) is 0 Å². The number of ether oxygens (including phenoxy) is 2. The first-order valence-corrected chi connectivity index (χ1v) is 13.5. The van der Waals surface area contributed by atoms with Gasteiger partial charge in [0.2, 0.25) is 0 Å². The van der Waals surface area contributed by atoms with Gasteiger partial charge in [-0.2, -0.15) is 0 Å². The molecule has 34 heavy (non-hydrogen) atoms. The van der Waals surface area contributed by atoms with Crippen LogP contribution in [-0.2, 0) is 23.9 Å². The molecule has 6 heteroatoms. The molecule has 4 fully saturated rings. The highest BCUT2D eigenvalue weighted by Crippen LogP contribution is 2.68. The highest BCUT2D eigenvalue weighted by molar-refractivity contribution is 5.67. The highest BCUT2D eigenvalue weighted by Gasteiger charge is 2.63. The highest BCUT2D eigenvalue weighted by atomic mass is 16.5. The summed E-state index contributed by atoms with van der Waals surface area (Å²) in [6.07, 6.45) is 9.20. The van der Waals surface area contributed by atoms with Crippen molar-refractivity contribution >= 4 is 17.9 Å². The van der Waals surface area contributed by atoms with Crippen molar-refractivity contribution < 1.29 is 29.0 Å². The van der Waals surface area contributed by atoms with Crippen LogP contribution in [0.5, 0.6) is 0 Å². The third kappa shape index (κ3) is 4.51. The Morgan fingerprint density at radius 2 is 1.56 bits per heavy atom. The summed E-state index contributed by atoms with van der Waals surface area (Å²) in [6, 6.07) is 0. The second-order valence-electron chi connectivity index (χ2n) is 12.5. The second-order valence-corrected chi connectivity index (χ2v) is 12.5. The van der Waals surface area contributed by atoms with Crippen molar-refractivity contribution in [1.82, 2.24) is 0 Å². The van der Waals surface area contributed by atoms with Crippen molar-refractivity contribution in [2.45, 2.75) is 111 Å². The lowest BCUT2D eigenvalue weighted by atomic mass is 9.43. The molecular weight excluding hydrogens is 432 g/mol. The zero-order valence-electron chi connectivity index (χ0n) is 21.7. The Morgan fingerprint density at radius 1 is 0.912 bits per heavy atom. The first-order chi connectivity index (χ1) is 16.0. The number of hydrogen-bond acceptors (Lipinski definition) is 5. The second kappa shape index (κ2) is 9.46. The summed E-state index contributed by atoms with van der Waals surface area (Å²) in [7, 11) is 0. The number of carboxylic acids is 1. The van der Waals surface area contributed by atoms with Gasteiger partial charge in [-0.25, -0.2) is 0 Å². The van der Waals surface area contributed by atoms with Crippen molar-refractivity contribution in [3.63, 3.8) is 0 Å². The molecule has 6 nitrogen and oxygen atoms in total. The molecule has 10 atom stereocenters. The summed E-state index contributed by atoms with van der Waals surface area (Å²) >= 11 is 0. The van der Waals surface area contributed by atoms with Gasteiger partial charge in [0, 0.05) is 26.2 Å². The Morgan fingerprint density at radius 3 is 2.21 bits per heavy atom. The molecule has 1 N–H and O–H groups in total. The SMILES string of the molecule is CC(=O)O[C@@H]1CC[C@]2(C)C3CC[C@@]4(C)C(CCC4[C@H](C)CCC(=O)O)C3[C@H](OC(C)=O)C[C@@H]2C1. The predicted octanol–water partition coefficient (Wildman–Crippen LogP) is 5.62. The first-order valence-electron chi connectivity index (χ1n) is 13.5. The molecule has 4 saturated carbocycles. The number of aliphatic carboxylic acids is 1. The fourth-order valence-corrected chi connectivity index (χ4v) is 9.36. The molecule has 0 spiro atoms. The van der Waals surface area contributed by atoms with E-state index in [1.165, 1.54) is 20.3 Å². The number of carbonyl (C=O) groups is 3. The Kier molecular flexibility index (Phi) is 7.10. The van der Waals surface area contributed by atoms with E-state index >= 15 is 0 Å². The van der Waals surface area contributed by atoms with Crippen LogP contribution in [0, 0.1) is 46.3 Å². The summed E-state index contributed by atoms with van der Waals surface area (Å²) in [5, 5.41) is 9.20. The normalized spacial score (nSPS) is 44.2. The van der Waals surface area contributed by atoms with E-state index in [0.717, 1.165) is 51.4 Å². The predicted molar refractivity (Wildman–Crippen MR) is 128 cm³/mol. The largest absolute Gasteiger partial charge is 0.481 e. The van der Waals surface area contributed by atoms with Gasteiger partial charge in [-0.05, 0) is 98.2 Å². The minimum atomic E-state index is -0.708. The van der Waals surface area contributed by atoms with Crippen LogP contribution in [-0.4, -0.2) is 35.2 Å². The van der Waals surface area contributed by atoms with Crippen molar-refractivity contribution in [1.29, 1.82) is 0 Å². The molecule has 0 radical (unpaired) electrons. The van der Waals surface area contributed by atoms with Crippen LogP contribution in [0.2, 0.25) is 0 Å². The van der Waals surface area contributed by atoms with E-state index in [1.54, 1.807) is 0 Å². The van der Waals surface area contributed by atoms with E-state index in [0.29, 0.717) is 35.5 Å². The molecule has 0 aromatic carbocycles. The minimum Gasteiger partial charge on any atom is -0.481 e. The van der Waals surface area contributed by atoms with Crippen LogP contribution < -0.4 is 0 Å². The third-order valence-corrected chi connectivity index (χ3v) is 10.8. The summed E-state index contributed by atoms with van der Waals surface area (Å²) in [5.41, 5.74) is 0.363. The maximum absolute atomic E-state index is 12.2. The van der Waals surface area contributed by atoms with Crippen molar-refractivity contribution in [3.8, 4) is 0 Å². The quantitative estimate of drug-likeness (QED) is 0.501. The smallest absolute Gasteiger partial charge is 0.303 e. The van der Waals surface area contributed by atoms with Gasteiger partial charge in [-0.15, -0.1) is 0 Å². The number of hydrogen-bond donors (Lipinski definition) is 1. The van der Waals surface area contributed by atoms with Gasteiger partial charge >= 0.3 is 17.9 Å². The summed E-state index contributed by atoms with van der Waals surface area (Å²) in [4.78, 5) is 35.0. The van der Waals surface area contributed by atoms with Crippen LogP contribution >= 0.6 is 0 Å². The lowest BCUT2D eigenvalue weighted by molar-refractivity contribution is -0.197. The third-order valence-electron chi connectivity index (χ3n) is 10.8. The molecule has 0 aromatic rings. The van der Waals surface area contributed by atoms with E-state index in [2.05, 4.69) is 20.8 Å². The van der Waals surface area contributed by atoms with Crippen molar-refractivity contribution in [3.05, 3.63) is 0 Å². The minimum absolute atomic E-state index is 0.0232. The molecule has 192 valence electrons. The van der Waals surface area contributed by atoms with E-state index in [-0.39, 0.29) is 41.4 Å². The Bertz CT molecular complexity index is 809. The fraction of sp³-hybridized carbons (Fsp3) is 0.893. The molecular formula is C28H44O6. The van der Waals surface area contributed by atoms with Gasteiger partial charge in [-0.1, -0.05) is 20.8 Å². The van der Waals surface area contributed by atoms with Crippen LogP contribution in [0.4, 0.5) is 0 Å². The number of carbonyl (C=O) groups excluding carboxylic acids is 2. The van der Waals surface area contributed by atoms with E-state index in [1.807, 2.05) is 0 Å². The van der Waals surface area contributed by atoms with E-state index in [9.17, 15) is 19.5 Å². The Labute approximate surface area is 204 Å². The molecule has 0 aromatic heterocycles. The molecule has 0 amide bonds. The molecule has 4 rings (SSSR count). The van der Waals surface area contributed by atoms with Gasteiger partial charge in [0.15, 0.2) is 0 Å². The molecule has 4 aliphatic carbocycles. The lowest BCUT2D eigenvalue weighted by Crippen LogP contribution is -2.59. The molecule has 0 saturated heterocycles. The van der Waals surface area contributed by atoms with Gasteiger partial charge in [-0.3, -0.25) is 14.4 Å². The van der Waals surface area contributed by atoms with Crippen LogP contribution in [0.25, 0.3) is 0 Å². The topological polar surface area (TPSA) is 89.9 Å². The zero-order valence-corrected chi connectivity index (χ0v) is 21.7. The van der Waals surface area contributed by atoms with Gasteiger partial charge < -0.3 is 14.6 Å². The molecule has 0 bridgehead atoms. The first kappa shape index (κ1) is 25.5. The molecule has 0 aliphatic heterocycles. The summed E-state index contributed by atoms with van der Waals surface area (Å²) in [5.74, 6) is 1.59. The monoisotopic (exact) mass is 476 g/mol. The summed E-state index contributed by atoms with van der Waals surface area (Å²) in [6.45, 7) is 10.2. The Balaban J connectivity index is 1.59. The lowest BCUT2D eigenvalue weighted by Gasteiger charge is -2.62. The fourth-order valence-electron chi connectivity index (χ4n) is 9.36. The van der Waals surface area contributed by atoms with Gasteiger partial charge in [0.25, 0.3) is 0 Å². The van der Waals surface area contributed by atoms with Crippen molar-refractivity contribution in [2.24, 2.45) is 46.3 Å². The molecule has 4 aliphatic rings. The zero-order chi connectivity index (χ0) is 24.8. The number of fused-ring (bicyclic) bond motifs is 5. The molecule has 0 heterocycles. The van der Waals surface area contributed by atoms with Crippen LogP contribution in [0.3, 0.4) is 0 Å². The maximum Gasteiger partial charge on any atom is 0.303 e. The van der Waals surface area contributed by atoms with Gasteiger partial charge in [0.05, 0.1) is 0 Å². The molecule has 4 unspecified atom stereocenters.